The van der Waals surface area contributed by atoms with E-state index in [-0.39, 0.29) is 5.75 Å². The van der Waals surface area contributed by atoms with Crippen molar-refractivity contribution in [2.75, 3.05) is 13.1 Å². The van der Waals surface area contributed by atoms with E-state index in [9.17, 15) is 5.11 Å². The van der Waals surface area contributed by atoms with Gasteiger partial charge in [-0.05, 0) is 55.6 Å². The highest BCUT2D eigenvalue weighted by molar-refractivity contribution is 5.82. The molecule has 5 heteroatoms. The van der Waals surface area contributed by atoms with E-state index in [1.807, 2.05) is 23.1 Å². The molecular weight excluding hydrogens is 300 g/mol. The molecule has 0 saturated carbocycles. The van der Waals surface area contributed by atoms with Crippen molar-refractivity contribution in [2.45, 2.75) is 19.4 Å². The summed E-state index contributed by atoms with van der Waals surface area (Å²) in [7, 11) is 0. The fourth-order valence-electron chi connectivity index (χ4n) is 3.02. The number of hydrogen-bond acceptors (Lipinski definition) is 4. The Morgan fingerprint density at radius 3 is 2.88 bits per heavy atom. The number of benzene rings is 1. The highest BCUT2D eigenvalue weighted by atomic mass is 16.3. The average molecular weight is 324 g/mol. The minimum absolute atomic E-state index is 0.167. The number of aromatic nitrogens is 2. The van der Waals surface area contributed by atoms with Crippen LogP contribution < -0.4 is 11.1 Å². The van der Waals surface area contributed by atoms with Gasteiger partial charge in [0.25, 0.3) is 0 Å². The van der Waals surface area contributed by atoms with Crippen LogP contribution in [-0.2, 0) is 6.54 Å². The SMILES string of the molecule is C=C(/C=C(\N)c1ccccc1O)c1cnn(CC2CCNCC2)c1. The lowest BCUT2D eigenvalue weighted by Gasteiger charge is -2.22. The van der Waals surface area contributed by atoms with E-state index in [0.29, 0.717) is 17.2 Å². The lowest BCUT2D eigenvalue weighted by Crippen LogP contribution is -2.29. The Balaban J connectivity index is 1.69. The van der Waals surface area contributed by atoms with E-state index < -0.39 is 0 Å². The maximum atomic E-state index is 9.88. The number of piperidine rings is 1. The molecule has 24 heavy (non-hydrogen) atoms. The van der Waals surface area contributed by atoms with E-state index in [1.54, 1.807) is 24.3 Å². The molecule has 0 atom stereocenters. The number of hydrogen-bond donors (Lipinski definition) is 3. The lowest BCUT2D eigenvalue weighted by molar-refractivity contribution is 0.321. The van der Waals surface area contributed by atoms with Gasteiger partial charge in [-0.1, -0.05) is 18.7 Å². The van der Waals surface area contributed by atoms with Gasteiger partial charge in [0.1, 0.15) is 5.75 Å². The molecule has 3 rings (SSSR count). The second-order valence-electron chi connectivity index (χ2n) is 6.29. The third-order valence-corrected chi connectivity index (χ3v) is 4.45. The maximum Gasteiger partial charge on any atom is 0.124 e. The molecule has 0 radical (unpaired) electrons. The summed E-state index contributed by atoms with van der Waals surface area (Å²) in [5.41, 5.74) is 8.93. The van der Waals surface area contributed by atoms with E-state index >= 15 is 0 Å². The summed E-state index contributed by atoms with van der Waals surface area (Å²) in [4.78, 5) is 0. The van der Waals surface area contributed by atoms with Crippen molar-refractivity contribution in [1.82, 2.24) is 15.1 Å². The molecule has 0 bridgehead atoms. The van der Waals surface area contributed by atoms with Crippen LogP contribution in [0, 0.1) is 5.92 Å². The van der Waals surface area contributed by atoms with Crippen LogP contribution in [-0.4, -0.2) is 28.0 Å². The second-order valence-corrected chi connectivity index (χ2v) is 6.29. The fourth-order valence-corrected chi connectivity index (χ4v) is 3.02. The van der Waals surface area contributed by atoms with Crippen LogP contribution >= 0.6 is 0 Å². The zero-order valence-electron chi connectivity index (χ0n) is 13.8. The van der Waals surface area contributed by atoms with Crippen LogP contribution in [0.15, 0.2) is 49.3 Å². The summed E-state index contributed by atoms with van der Waals surface area (Å²) >= 11 is 0. The smallest absolute Gasteiger partial charge is 0.124 e. The maximum absolute atomic E-state index is 9.88. The van der Waals surface area contributed by atoms with Crippen LogP contribution in [0.5, 0.6) is 5.75 Å². The molecule has 1 fully saturated rings. The summed E-state index contributed by atoms with van der Waals surface area (Å²) in [6.07, 6.45) is 7.99. The Hall–Kier alpha value is -2.53. The summed E-state index contributed by atoms with van der Waals surface area (Å²) in [6, 6.07) is 7.02. The Bertz CT molecular complexity index is 741. The zero-order chi connectivity index (χ0) is 16.9. The zero-order valence-corrected chi connectivity index (χ0v) is 13.8. The number of rotatable bonds is 5. The standard InChI is InChI=1S/C19H24N4O/c1-14(10-18(20)17-4-2-3-5-19(17)24)16-11-22-23(13-16)12-15-6-8-21-9-7-15/h2-5,10-11,13,15,21,24H,1,6-9,12,20H2/b18-10-. The van der Waals surface area contributed by atoms with Gasteiger partial charge >= 0.3 is 0 Å². The van der Waals surface area contributed by atoms with Crippen molar-refractivity contribution in [3.05, 3.63) is 60.4 Å². The van der Waals surface area contributed by atoms with Gasteiger partial charge in [0.05, 0.1) is 6.20 Å². The largest absolute Gasteiger partial charge is 0.507 e. The molecule has 1 saturated heterocycles. The molecule has 2 aromatic rings. The lowest BCUT2D eigenvalue weighted by atomic mass is 9.98. The third kappa shape index (κ3) is 3.86. The first-order chi connectivity index (χ1) is 11.6. The van der Waals surface area contributed by atoms with E-state index in [4.69, 9.17) is 5.73 Å². The molecular formula is C19H24N4O. The quantitative estimate of drug-likeness (QED) is 0.739. The number of nitrogens with one attached hydrogen (secondary N) is 1. The molecule has 0 spiro atoms. The van der Waals surface area contributed by atoms with Crippen LogP contribution in [0.4, 0.5) is 0 Å². The summed E-state index contributed by atoms with van der Waals surface area (Å²) in [5.74, 6) is 0.842. The van der Waals surface area contributed by atoms with Crippen molar-refractivity contribution in [1.29, 1.82) is 0 Å². The molecule has 0 aliphatic carbocycles. The molecule has 126 valence electrons. The van der Waals surface area contributed by atoms with Gasteiger partial charge in [0, 0.05) is 29.6 Å². The molecule has 1 aliphatic heterocycles. The van der Waals surface area contributed by atoms with Gasteiger partial charge in [0.15, 0.2) is 0 Å². The molecule has 1 aromatic carbocycles. The topological polar surface area (TPSA) is 76.1 Å². The Kier molecular flexibility index (Phi) is 5.01. The average Bonchev–Trinajstić information content (AvgIpc) is 3.04. The van der Waals surface area contributed by atoms with Gasteiger partial charge < -0.3 is 16.2 Å². The highest BCUT2D eigenvalue weighted by Gasteiger charge is 2.14. The number of para-hydroxylation sites is 1. The Labute approximate surface area is 142 Å². The van der Waals surface area contributed by atoms with Crippen LogP contribution in [0.1, 0.15) is 24.0 Å². The second kappa shape index (κ2) is 7.36. The number of phenols is 1. The minimum atomic E-state index is 0.167. The normalized spacial score (nSPS) is 16.2. The highest BCUT2D eigenvalue weighted by Crippen LogP contribution is 2.24. The number of nitrogens with two attached hydrogens (primary N) is 1. The predicted octanol–water partition coefficient (Wildman–Crippen LogP) is 2.60. The first kappa shape index (κ1) is 16.3. The van der Waals surface area contributed by atoms with Crippen LogP contribution in [0.2, 0.25) is 0 Å². The number of phenolic OH excluding ortho intramolecular Hbond substituents is 1. The number of nitrogens with zero attached hydrogens (tertiary/aromatic N) is 2. The number of allylic oxidation sites excluding steroid dienone is 2. The summed E-state index contributed by atoms with van der Waals surface area (Å²) in [6.45, 7) is 7.19. The monoisotopic (exact) mass is 324 g/mol. The predicted molar refractivity (Wildman–Crippen MR) is 97.1 cm³/mol. The van der Waals surface area contributed by atoms with Crippen LogP contribution in [0.25, 0.3) is 11.3 Å². The molecule has 1 aliphatic rings. The molecule has 1 aromatic heterocycles. The number of aromatic hydroxyl groups is 1. The van der Waals surface area contributed by atoms with Crippen molar-refractivity contribution >= 4 is 11.3 Å². The summed E-state index contributed by atoms with van der Waals surface area (Å²) in [5, 5.41) is 17.7. The van der Waals surface area contributed by atoms with Gasteiger partial charge in [-0.25, -0.2) is 0 Å². The van der Waals surface area contributed by atoms with Gasteiger partial charge in [0.2, 0.25) is 0 Å². The fraction of sp³-hybridized carbons (Fsp3) is 0.316. The summed E-state index contributed by atoms with van der Waals surface area (Å²) < 4.78 is 1.99. The van der Waals surface area contributed by atoms with Crippen LogP contribution in [0.3, 0.4) is 0 Å². The van der Waals surface area contributed by atoms with E-state index in [2.05, 4.69) is 17.0 Å². The minimum Gasteiger partial charge on any atom is -0.507 e. The first-order valence-electron chi connectivity index (χ1n) is 8.31. The third-order valence-electron chi connectivity index (χ3n) is 4.45. The molecule has 4 N–H and O–H groups in total. The molecule has 0 unspecified atom stereocenters. The van der Waals surface area contributed by atoms with E-state index in [1.165, 1.54) is 12.8 Å². The van der Waals surface area contributed by atoms with Crippen molar-refractivity contribution in [2.24, 2.45) is 11.7 Å². The molecule has 0 amide bonds. The van der Waals surface area contributed by atoms with Gasteiger partial charge in [-0.15, -0.1) is 0 Å². The Morgan fingerprint density at radius 1 is 1.38 bits per heavy atom. The van der Waals surface area contributed by atoms with Gasteiger partial charge in [-0.2, -0.15) is 5.10 Å². The first-order valence-corrected chi connectivity index (χ1v) is 8.31. The Morgan fingerprint density at radius 2 is 2.12 bits per heavy atom. The van der Waals surface area contributed by atoms with Gasteiger partial charge in [-0.3, -0.25) is 4.68 Å². The van der Waals surface area contributed by atoms with E-state index in [0.717, 1.165) is 30.8 Å². The molecule has 2 heterocycles. The van der Waals surface area contributed by atoms with Crippen molar-refractivity contribution < 1.29 is 5.11 Å². The molecule has 5 nitrogen and oxygen atoms in total. The van der Waals surface area contributed by atoms with Crippen molar-refractivity contribution in [3.63, 3.8) is 0 Å². The van der Waals surface area contributed by atoms with Crippen molar-refractivity contribution in [3.8, 4) is 5.75 Å².